The number of carbonyl (C=O) groups excluding carboxylic acids is 2. The van der Waals surface area contributed by atoms with Crippen LogP contribution in [0.5, 0.6) is 11.5 Å². The number of hydrogen-bond donors (Lipinski definition) is 1. The summed E-state index contributed by atoms with van der Waals surface area (Å²) in [7, 11) is 0. The van der Waals surface area contributed by atoms with E-state index in [1.807, 2.05) is 36.4 Å². The van der Waals surface area contributed by atoms with E-state index >= 15 is 0 Å². The Morgan fingerprint density at radius 2 is 1.82 bits per heavy atom. The van der Waals surface area contributed by atoms with E-state index in [0.717, 1.165) is 0 Å². The molecule has 0 fully saturated rings. The quantitative estimate of drug-likeness (QED) is 0.349. The Balaban J connectivity index is 1.56. The minimum Gasteiger partial charge on any atom is -0.503 e. The van der Waals surface area contributed by atoms with Gasteiger partial charge in [0.2, 0.25) is 5.78 Å². The van der Waals surface area contributed by atoms with E-state index in [9.17, 15) is 14.7 Å². The average Bonchev–Trinajstić information content (AvgIpc) is 3.59. The molecule has 0 aliphatic carbocycles. The second-order valence-electron chi connectivity index (χ2n) is 7.47. The number of carbonyl (C=O) groups is 2. The van der Waals surface area contributed by atoms with Crippen molar-refractivity contribution in [1.82, 2.24) is 4.90 Å². The summed E-state index contributed by atoms with van der Waals surface area (Å²) in [5, 5.41) is 12.6. The lowest BCUT2D eigenvalue weighted by Gasteiger charge is -2.26. The molecule has 1 atom stereocenters. The molecule has 1 unspecified atom stereocenters. The third-order valence-electron chi connectivity index (χ3n) is 5.35. The van der Waals surface area contributed by atoms with E-state index in [-0.39, 0.29) is 17.9 Å². The van der Waals surface area contributed by atoms with Crippen LogP contribution in [0.15, 0.2) is 106 Å². The standard InChI is InChI=1S/C26H19NO5S/c28-24(21-12-6-14-33-21)22-23(27(26(30)25(22)29)16-20-11-5-13-31-20)17-7-4-10-19(15-17)32-18-8-2-1-3-9-18/h1-15,23,29H,16H2. The number of para-hydroxylation sites is 1. The lowest BCUT2D eigenvalue weighted by atomic mass is 9.95. The maximum atomic E-state index is 13.3. The summed E-state index contributed by atoms with van der Waals surface area (Å²) in [6.07, 6.45) is 1.52. The SMILES string of the molecule is O=C(C1=C(O)C(=O)N(Cc2ccco2)C1c1cccc(Oc2ccccc2)c1)c1cccs1. The van der Waals surface area contributed by atoms with E-state index < -0.39 is 17.7 Å². The predicted molar refractivity (Wildman–Crippen MR) is 123 cm³/mol. The van der Waals surface area contributed by atoms with E-state index in [2.05, 4.69) is 0 Å². The van der Waals surface area contributed by atoms with Gasteiger partial charge in [0.25, 0.3) is 5.91 Å². The molecule has 2 aromatic carbocycles. The summed E-state index contributed by atoms with van der Waals surface area (Å²) in [5.74, 6) is 0.223. The molecule has 6 nitrogen and oxygen atoms in total. The number of amides is 1. The minimum atomic E-state index is -0.795. The molecule has 0 bridgehead atoms. The van der Waals surface area contributed by atoms with Gasteiger partial charge in [-0.2, -0.15) is 0 Å². The van der Waals surface area contributed by atoms with Crippen LogP contribution in [0, 0.1) is 0 Å². The van der Waals surface area contributed by atoms with Crippen LogP contribution in [0.2, 0.25) is 0 Å². The highest BCUT2D eigenvalue weighted by atomic mass is 32.1. The maximum absolute atomic E-state index is 13.3. The molecule has 7 heteroatoms. The second-order valence-corrected chi connectivity index (χ2v) is 8.42. The fourth-order valence-electron chi connectivity index (χ4n) is 3.88. The van der Waals surface area contributed by atoms with Crippen LogP contribution in [0.25, 0.3) is 0 Å². The molecule has 0 spiro atoms. The van der Waals surface area contributed by atoms with Crippen molar-refractivity contribution < 1.29 is 23.8 Å². The van der Waals surface area contributed by atoms with Gasteiger partial charge in [-0.15, -0.1) is 11.3 Å². The van der Waals surface area contributed by atoms with E-state index in [4.69, 9.17) is 9.15 Å². The Morgan fingerprint density at radius 3 is 2.55 bits per heavy atom. The fourth-order valence-corrected chi connectivity index (χ4v) is 4.56. The summed E-state index contributed by atoms with van der Waals surface area (Å²) >= 11 is 1.26. The van der Waals surface area contributed by atoms with Gasteiger partial charge in [-0.1, -0.05) is 36.4 Å². The summed E-state index contributed by atoms with van der Waals surface area (Å²) in [4.78, 5) is 28.3. The van der Waals surface area contributed by atoms with Gasteiger partial charge in [0.05, 0.1) is 29.3 Å². The van der Waals surface area contributed by atoms with Gasteiger partial charge in [-0.3, -0.25) is 9.59 Å². The average molecular weight is 458 g/mol. The second kappa shape index (κ2) is 8.80. The highest BCUT2D eigenvalue weighted by Crippen LogP contribution is 2.41. The smallest absolute Gasteiger partial charge is 0.290 e. The largest absolute Gasteiger partial charge is 0.503 e. The summed E-state index contributed by atoms with van der Waals surface area (Å²) in [6.45, 7) is 0.103. The molecule has 1 aliphatic heterocycles. The first kappa shape index (κ1) is 20.8. The molecule has 0 saturated carbocycles. The van der Waals surface area contributed by atoms with E-state index in [0.29, 0.717) is 27.7 Å². The number of aliphatic hydroxyl groups excluding tert-OH is 1. The summed E-state index contributed by atoms with van der Waals surface area (Å²) in [5.41, 5.74) is 0.693. The molecule has 33 heavy (non-hydrogen) atoms. The first-order valence-corrected chi connectivity index (χ1v) is 11.2. The van der Waals surface area contributed by atoms with E-state index in [1.54, 1.807) is 47.8 Å². The van der Waals surface area contributed by atoms with Crippen molar-refractivity contribution in [3.63, 3.8) is 0 Å². The van der Waals surface area contributed by atoms with Gasteiger partial charge < -0.3 is 19.2 Å². The van der Waals surface area contributed by atoms with Gasteiger partial charge in [0.15, 0.2) is 5.76 Å². The van der Waals surface area contributed by atoms with Gasteiger partial charge in [-0.05, 0) is 53.4 Å². The number of ether oxygens (including phenoxy) is 1. The Labute approximate surface area is 194 Å². The van der Waals surface area contributed by atoms with Crippen molar-refractivity contribution in [2.45, 2.75) is 12.6 Å². The number of benzene rings is 2. The van der Waals surface area contributed by atoms with Crippen LogP contribution in [0.4, 0.5) is 0 Å². The lowest BCUT2D eigenvalue weighted by Crippen LogP contribution is -2.30. The molecule has 1 aliphatic rings. The zero-order chi connectivity index (χ0) is 22.8. The highest BCUT2D eigenvalue weighted by molar-refractivity contribution is 7.12. The number of furan rings is 1. The molecular weight excluding hydrogens is 438 g/mol. The molecular formula is C26H19NO5S. The number of hydrogen-bond acceptors (Lipinski definition) is 6. The number of rotatable bonds is 7. The van der Waals surface area contributed by atoms with Crippen LogP contribution in [0.3, 0.4) is 0 Å². The van der Waals surface area contributed by atoms with Crippen molar-refractivity contribution in [3.05, 3.63) is 118 Å². The normalized spacial score (nSPS) is 15.8. The van der Waals surface area contributed by atoms with Crippen LogP contribution in [0.1, 0.15) is 27.0 Å². The zero-order valence-corrected chi connectivity index (χ0v) is 18.2. The topological polar surface area (TPSA) is 80.0 Å². The molecule has 4 aromatic rings. The Kier molecular flexibility index (Phi) is 5.54. The number of thiophene rings is 1. The molecule has 1 N–H and O–H groups in total. The van der Waals surface area contributed by atoms with Crippen LogP contribution in [-0.2, 0) is 11.3 Å². The molecule has 3 heterocycles. The Morgan fingerprint density at radius 1 is 1.00 bits per heavy atom. The summed E-state index contributed by atoms with van der Waals surface area (Å²) in [6, 6.07) is 22.6. The van der Waals surface area contributed by atoms with Crippen LogP contribution >= 0.6 is 11.3 Å². The number of nitrogens with zero attached hydrogens (tertiary/aromatic N) is 1. The number of Topliss-reactive ketones (excluding diaryl/α,β-unsaturated/α-hetero) is 1. The van der Waals surface area contributed by atoms with Crippen molar-refractivity contribution in [2.75, 3.05) is 0 Å². The van der Waals surface area contributed by atoms with Crippen molar-refractivity contribution in [3.8, 4) is 11.5 Å². The molecule has 2 aromatic heterocycles. The molecule has 0 saturated heterocycles. The monoisotopic (exact) mass is 457 g/mol. The fraction of sp³-hybridized carbons (Fsp3) is 0.0769. The molecule has 1 amide bonds. The van der Waals surface area contributed by atoms with Gasteiger partial charge in [0.1, 0.15) is 17.3 Å². The Hall–Kier alpha value is -4.10. The van der Waals surface area contributed by atoms with Gasteiger partial charge in [-0.25, -0.2) is 0 Å². The predicted octanol–water partition coefficient (Wildman–Crippen LogP) is 5.91. The first-order valence-electron chi connectivity index (χ1n) is 10.3. The third kappa shape index (κ3) is 4.06. The van der Waals surface area contributed by atoms with Crippen LogP contribution < -0.4 is 4.74 Å². The molecule has 0 radical (unpaired) electrons. The van der Waals surface area contributed by atoms with Gasteiger partial charge >= 0.3 is 0 Å². The van der Waals surface area contributed by atoms with Crippen molar-refractivity contribution in [1.29, 1.82) is 0 Å². The van der Waals surface area contributed by atoms with Gasteiger partial charge in [0, 0.05) is 0 Å². The molecule has 164 valence electrons. The maximum Gasteiger partial charge on any atom is 0.290 e. The molecule has 5 rings (SSSR count). The lowest BCUT2D eigenvalue weighted by molar-refractivity contribution is -0.130. The van der Waals surface area contributed by atoms with E-state index in [1.165, 1.54) is 22.5 Å². The summed E-state index contributed by atoms with van der Waals surface area (Å²) < 4.78 is 11.4. The van der Waals surface area contributed by atoms with Crippen molar-refractivity contribution >= 4 is 23.0 Å². The van der Waals surface area contributed by atoms with Crippen molar-refractivity contribution in [2.24, 2.45) is 0 Å². The number of ketones is 1. The van der Waals surface area contributed by atoms with Crippen LogP contribution in [-0.4, -0.2) is 21.7 Å². The highest BCUT2D eigenvalue weighted by Gasteiger charge is 2.44. The first-order chi connectivity index (χ1) is 16.1. The Bertz CT molecular complexity index is 1310. The third-order valence-corrected chi connectivity index (χ3v) is 6.22. The number of aliphatic hydroxyl groups is 1. The zero-order valence-electron chi connectivity index (χ0n) is 17.4. The minimum absolute atomic E-state index is 0.0471.